The smallest absolute Gasteiger partial charge is 0.129 e. The van der Waals surface area contributed by atoms with E-state index in [1.54, 1.807) is 6.20 Å². The number of halogens is 1. The number of nitrogens with one attached hydrogen (secondary N) is 1. The lowest BCUT2D eigenvalue weighted by molar-refractivity contribution is 0.833. The maximum absolute atomic E-state index is 5.95. The van der Waals surface area contributed by atoms with Crippen LogP contribution in [0.15, 0.2) is 42.7 Å². The Morgan fingerprint density at radius 1 is 1.32 bits per heavy atom. The fourth-order valence-electron chi connectivity index (χ4n) is 2.02. The number of aryl methyl sites for hydroxylation is 1. The molecule has 0 radical (unpaired) electrons. The third-order valence-electron chi connectivity index (χ3n) is 3.05. The van der Waals surface area contributed by atoms with E-state index in [0.717, 1.165) is 27.6 Å². The summed E-state index contributed by atoms with van der Waals surface area (Å²) in [6, 6.07) is 9.57. The average Bonchev–Trinajstić information content (AvgIpc) is 2.74. The molecule has 1 N–H and O–H groups in total. The Hall–Kier alpha value is -2.07. The molecule has 2 aromatic heterocycles. The lowest BCUT2D eigenvalue weighted by atomic mass is 10.3. The first-order chi connectivity index (χ1) is 9.24. The van der Waals surface area contributed by atoms with Crippen LogP contribution in [0.3, 0.4) is 0 Å². The summed E-state index contributed by atoms with van der Waals surface area (Å²) < 4.78 is 2.04. The summed E-state index contributed by atoms with van der Waals surface area (Å²) in [6.45, 7) is 0.644. The third-order valence-corrected chi connectivity index (χ3v) is 3.29. The molecule has 0 atom stereocenters. The molecule has 0 aliphatic carbocycles. The molecular formula is C14H13ClN4. The Kier molecular flexibility index (Phi) is 3.09. The second-order valence-corrected chi connectivity index (χ2v) is 4.75. The van der Waals surface area contributed by atoms with E-state index >= 15 is 0 Å². The van der Waals surface area contributed by atoms with Crippen LogP contribution in [0.5, 0.6) is 0 Å². The van der Waals surface area contributed by atoms with Gasteiger partial charge in [0.2, 0.25) is 0 Å². The van der Waals surface area contributed by atoms with Crippen LogP contribution < -0.4 is 5.32 Å². The van der Waals surface area contributed by atoms with Crippen molar-refractivity contribution in [3.8, 4) is 0 Å². The molecule has 96 valence electrons. The highest BCUT2D eigenvalue weighted by atomic mass is 35.5. The van der Waals surface area contributed by atoms with Gasteiger partial charge in [0, 0.05) is 24.0 Å². The molecule has 0 bridgehead atoms. The Bertz CT molecular complexity index is 720. The van der Waals surface area contributed by atoms with Crippen molar-refractivity contribution < 1.29 is 0 Å². The van der Waals surface area contributed by atoms with Crippen LogP contribution >= 0.6 is 11.6 Å². The molecular weight excluding hydrogens is 260 g/mol. The predicted molar refractivity (Wildman–Crippen MR) is 77.3 cm³/mol. The van der Waals surface area contributed by atoms with Crippen LogP contribution in [0.2, 0.25) is 5.02 Å². The van der Waals surface area contributed by atoms with Crippen LogP contribution in [0.1, 0.15) is 5.82 Å². The number of hydrogen-bond acceptors (Lipinski definition) is 3. The average molecular weight is 273 g/mol. The molecule has 1 aromatic carbocycles. The summed E-state index contributed by atoms with van der Waals surface area (Å²) in [5.41, 5.74) is 2.98. The van der Waals surface area contributed by atoms with E-state index in [4.69, 9.17) is 11.6 Å². The van der Waals surface area contributed by atoms with Gasteiger partial charge >= 0.3 is 0 Å². The number of hydrogen-bond donors (Lipinski definition) is 1. The highest BCUT2D eigenvalue weighted by molar-refractivity contribution is 6.30. The molecule has 0 unspecified atom stereocenters. The van der Waals surface area contributed by atoms with Gasteiger partial charge in [-0.2, -0.15) is 0 Å². The number of anilines is 1. The van der Waals surface area contributed by atoms with Gasteiger partial charge in [-0.25, -0.2) is 4.98 Å². The molecule has 0 amide bonds. The van der Waals surface area contributed by atoms with Crippen molar-refractivity contribution in [1.82, 2.24) is 14.5 Å². The molecule has 0 saturated carbocycles. The van der Waals surface area contributed by atoms with Crippen molar-refractivity contribution in [3.63, 3.8) is 0 Å². The van der Waals surface area contributed by atoms with Gasteiger partial charge in [0.25, 0.3) is 0 Å². The van der Waals surface area contributed by atoms with Gasteiger partial charge in [-0.05, 0) is 24.3 Å². The highest BCUT2D eigenvalue weighted by Gasteiger charge is 2.06. The fourth-order valence-corrected chi connectivity index (χ4v) is 2.21. The molecule has 0 spiro atoms. The fraction of sp³-hybridized carbons (Fsp3) is 0.143. The third kappa shape index (κ3) is 2.39. The van der Waals surface area contributed by atoms with Crippen LogP contribution in [0.4, 0.5) is 5.69 Å². The molecule has 2 heterocycles. The quantitative estimate of drug-likeness (QED) is 0.796. The minimum absolute atomic E-state index is 0.644. The van der Waals surface area contributed by atoms with Crippen molar-refractivity contribution in [2.75, 3.05) is 5.32 Å². The van der Waals surface area contributed by atoms with Crippen molar-refractivity contribution in [3.05, 3.63) is 53.6 Å². The van der Waals surface area contributed by atoms with Crippen molar-refractivity contribution in [2.24, 2.45) is 7.05 Å². The van der Waals surface area contributed by atoms with Gasteiger partial charge in [0.05, 0.1) is 23.8 Å². The van der Waals surface area contributed by atoms with E-state index in [9.17, 15) is 0 Å². The topological polar surface area (TPSA) is 42.7 Å². The zero-order chi connectivity index (χ0) is 13.2. The summed E-state index contributed by atoms with van der Waals surface area (Å²) >= 11 is 5.95. The number of pyridine rings is 1. The Morgan fingerprint density at radius 3 is 3.00 bits per heavy atom. The lowest BCUT2D eigenvalue weighted by Crippen LogP contribution is -2.05. The molecule has 0 aliphatic heterocycles. The second-order valence-electron chi connectivity index (χ2n) is 4.32. The van der Waals surface area contributed by atoms with Gasteiger partial charge in [-0.3, -0.25) is 4.98 Å². The van der Waals surface area contributed by atoms with Crippen molar-refractivity contribution in [2.45, 2.75) is 6.54 Å². The van der Waals surface area contributed by atoms with Crippen LogP contribution in [0, 0.1) is 0 Å². The summed E-state index contributed by atoms with van der Waals surface area (Å²) in [6.07, 6.45) is 3.58. The largest absolute Gasteiger partial charge is 0.378 e. The zero-order valence-electron chi connectivity index (χ0n) is 10.5. The van der Waals surface area contributed by atoms with E-state index in [1.165, 1.54) is 0 Å². The summed E-state index contributed by atoms with van der Waals surface area (Å²) in [7, 11) is 1.99. The first-order valence-electron chi connectivity index (χ1n) is 5.99. The highest BCUT2D eigenvalue weighted by Crippen LogP contribution is 2.17. The summed E-state index contributed by atoms with van der Waals surface area (Å²) in [4.78, 5) is 8.70. The normalized spacial score (nSPS) is 10.8. The maximum Gasteiger partial charge on any atom is 0.129 e. The van der Waals surface area contributed by atoms with Gasteiger partial charge in [-0.15, -0.1) is 0 Å². The number of fused-ring (bicyclic) bond motifs is 1. The molecule has 19 heavy (non-hydrogen) atoms. The summed E-state index contributed by atoms with van der Waals surface area (Å²) in [5.74, 6) is 0.961. The van der Waals surface area contributed by atoms with Gasteiger partial charge in [0.1, 0.15) is 5.82 Å². The first kappa shape index (κ1) is 12.0. The monoisotopic (exact) mass is 272 g/mol. The van der Waals surface area contributed by atoms with Gasteiger partial charge < -0.3 is 9.88 Å². The van der Waals surface area contributed by atoms with E-state index in [1.807, 2.05) is 48.1 Å². The molecule has 0 fully saturated rings. The standard InChI is InChI=1S/C14H13ClN4/c1-19-13-8-16-6-5-12(13)18-14(19)9-17-11-4-2-3-10(15)7-11/h2-8,17H,9H2,1H3. The number of nitrogens with zero attached hydrogens (tertiary/aromatic N) is 3. The Morgan fingerprint density at radius 2 is 2.21 bits per heavy atom. The second kappa shape index (κ2) is 4.90. The van der Waals surface area contributed by atoms with Crippen LogP contribution in [-0.2, 0) is 13.6 Å². The number of benzene rings is 1. The SMILES string of the molecule is Cn1c(CNc2cccc(Cl)c2)nc2ccncc21. The minimum atomic E-state index is 0.644. The molecule has 0 saturated heterocycles. The van der Waals surface area contributed by atoms with E-state index in [0.29, 0.717) is 6.54 Å². The minimum Gasteiger partial charge on any atom is -0.378 e. The van der Waals surface area contributed by atoms with E-state index in [-0.39, 0.29) is 0 Å². The van der Waals surface area contributed by atoms with Crippen LogP contribution in [0.25, 0.3) is 11.0 Å². The molecule has 4 nitrogen and oxygen atoms in total. The first-order valence-corrected chi connectivity index (χ1v) is 6.36. The van der Waals surface area contributed by atoms with Crippen LogP contribution in [-0.4, -0.2) is 14.5 Å². The molecule has 3 aromatic rings. The number of rotatable bonds is 3. The van der Waals surface area contributed by atoms with Crippen molar-refractivity contribution in [1.29, 1.82) is 0 Å². The number of aromatic nitrogens is 3. The number of imidazole rings is 1. The zero-order valence-corrected chi connectivity index (χ0v) is 11.2. The summed E-state index contributed by atoms with van der Waals surface area (Å²) in [5, 5.41) is 4.04. The van der Waals surface area contributed by atoms with E-state index in [2.05, 4.69) is 15.3 Å². The van der Waals surface area contributed by atoms with Crippen molar-refractivity contribution >= 4 is 28.3 Å². The molecule has 5 heteroatoms. The molecule has 3 rings (SSSR count). The molecule has 0 aliphatic rings. The lowest BCUT2D eigenvalue weighted by Gasteiger charge is -2.06. The predicted octanol–water partition coefficient (Wildman–Crippen LogP) is 3.23. The van der Waals surface area contributed by atoms with E-state index < -0.39 is 0 Å². The Labute approximate surface area is 116 Å². The van der Waals surface area contributed by atoms with Gasteiger partial charge in [0.15, 0.2) is 0 Å². The Balaban J connectivity index is 1.84. The maximum atomic E-state index is 5.95. The van der Waals surface area contributed by atoms with Gasteiger partial charge in [-0.1, -0.05) is 17.7 Å².